The summed E-state index contributed by atoms with van der Waals surface area (Å²) in [6.45, 7) is 8.52. The van der Waals surface area contributed by atoms with Gasteiger partial charge in [-0.05, 0) is 19.3 Å². The second-order valence-electron chi connectivity index (χ2n) is 4.25. The van der Waals surface area contributed by atoms with Crippen molar-refractivity contribution >= 4 is 25.3 Å². The van der Waals surface area contributed by atoms with E-state index in [0.29, 0.717) is 17.1 Å². The van der Waals surface area contributed by atoms with Crippen LogP contribution in [0.15, 0.2) is 0 Å². The smallest absolute Gasteiger partial charge is 0.0805 e. The third-order valence-electron chi connectivity index (χ3n) is 2.33. The molecule has 0 N–H and O–H groups in total. The standard InChI is InChI=1S/C12H26O2S2/c1-4-12(14-8-6-11(3)16)9-13-7-5-10(2)15/h10-12,15-16H,4-9H2,1-3H3. The van der Waals surface area contributed by atoms with Gasteiger partial charge >= 0.3 is 0 Å². The topological polar surface area (TPSA) is 18.5 Å². The van der Waals surface area contributed by atoms with Crippen molar-refractivity contribution in [2.45, 2.75) is 56.6 Å². The Balaban J connectivity index is 3.44. The Bertz CT molecular complexity index is 152. The van der Waals surface area contributed by atoms with Crippen LogP contribution in [0.5, 0.6) is 0 Å². The second kappa shape index (κ2) is 10.8. The molecule has 3 atom stereocenters. The molecule has 98 valence electrons. The molecule has 0 heterocycles. The van der Waals surface area contributed by atoms with Crippen LogP contribution in [0.4, 0.5) is 0 Å². The quantitative estimate of drug-likeness (QED) is 0.467. The zero-order valence-corrected chi connectivity index (χ0v) is 12.5. The molecule has 0 aliphatic heterocycles. The Hall–Kier alpha value is 0.620. The fraction of sp³-hybridized carbons (Fsp3) is 1.00. The van der Waals surface area contributed by atoms with E-state index in [-0.39, 0.29) is 6.10 Å². The molecule has 0 saturated heterocycles. The van der Waals surface area contributed by atoms with Crippen LogP contribution in [0, 0.1) is 0 Å². The Morgan fingerprint density at radius 2 is 1.56 bits per heavy atom. The van der Waals surface area contributed by atoms with Gasteiger partial charge in [0.05, 0.1) is 12.7 Å². The maximum atomic E-state index is 5.72. The summed E-state index contributed by atoms with van der Waals surface area (Å²) in [7, 11) is 0. The second-order valence-corrected chi connectivity index (χ2v) is 6.01. The molecule has 16 heavy (non-hydrogen) atoms. The minimum atomic E-state index is 0.224. The van der Waals surface area contributed by atoms with Gasteiger partial charge in [0, 0.05) is 23.7 Å². The summed E-state index contributed by atoms with van der Waals surface area (Å²) < 4.78 is 11.3. The van der Waals surface area contributed by atoms with E-state index in [1.807, 2.05) is 0 Å². The first-order valence-electron chi connectivity index (χ1n) is 6.11. The molecule has 0 aromatic heterocycles. The molecular formula is C12H26O2S2. The molecule has 0 aromatic carbocycles. The number of hydrogen-bond donors (Lipinski definition) is 2. The molecule has 4 heteroatoms. The minimum Gasteiger partial charge on any atom is -0.379 e. The van der Waals surface area contributed by atoms with Crippen molar-refractivity contribution in [3.8, 4) is 0 Å². The number of hydrogen-bond acceptors (Lipinski definition) is 4. The summed E-state index contributed by atoms with van der Waals surface area (Å²) in [6.07, 6.45) is 3.21. The van der Waals surface area contributed by atoms with Gasteiger partial charge in [0.15, 0.2) is 0 Å². The van der Waals surface area contributed by atoms with Crippen LogP contribution in [0.1, 0.15) is 40.0 Å². The number of rotatable bonds is 10. The highest BCUT2D eigenvalue weighted by Gasteiger charge is 2.07. The molecule has 0 bridgehead atoms. The Labute approximate surface area is 111 Å². The summed E-state index contributed by atoms with van der Waals surface area (Å²) in [5.74, 6) is 0. The molecule has 2 nitrogen and oxygen atoms in total. The van der Waals surface area contributed by atoms with Crippen LogP contribution in [0.25, 0.3) is 0 Å². The molecule has 0 saturated carbocycles. The SMILES string of the molecule is CCC(COCCC(C)S)OCCC(C)S. The number of ether oxygens (including phenoxy) is 2. The molecule has 0 aliphatic carbocycles. The third-order valence-corrected chi connectivity index (χ3v) is 2.84. The first kappa shape index (κ1) is 16.6. The summed E-state index contributed by atoms with van der Waals surface area (Å²) in [6, 6.07) is 0. The Kier molecular flexibility index (Phi) is 11.2. The normalized spacial score (nSPS) is 17.1. The summed E-state index contributed by atoms with van der Waals surface area (Å²) in [4.78, 5) is 0. The van der Waals surface area contributed by atoms with Gasteiger partial charge < -0.3 is 9.47 Å². The van der Waals surface area contributed by atoms with Crippen molar-refractivity contribution in [1.82, 2.24) is 0 Å². The van der Waals surface area contributed by atoms with Gasteiger partial charge in [0.1, 0.15) is 0 Å². The van der Waals surface area contributed by atoms with E-state index >= 15 is 0 Å². The predicted molar refractivity (Wildman–Crippen MR) is 77.0 cm³/mol. The lowest BCUT2D eigenvalue weighted by molar-refractivity contribution is -0.0189. The van der Waals surface area contributed by atoms with Crippen molar-refractivity contribution < 1.29 is 9.47 Å². The molecule has 0 aliphatic rings. The summed E-state index contributed by atoms with van der Waals surface area (Å²) >= 11 is 8.62. The number of thiol groups is 2. The van der Waals surface area contributed by atoms with Crippen LogP contribution in [-0.4, -0.2) is 36.4 Å². The Morgan fingerprint density at radius 1 is 1.00 bits per heavy atom. The molecule has 0 amide bonds. The van der Waals surface area contributed by atoms with E-state index in [0.717, 1.165) is 32.5 Å². The van der Waals surface area contributed by atoms with E-state index in [9.17, 15) is 0 Å². The fourth-order valence-corrected chi connectivity index (χ4v) is 1.37. The highest BCUT2D eigenvalue weighted by atomic mass is 32.1. The van der Waals surface area contributed by atoms with Crippen molar-refractivity contribution in [1.29, 1.82) is 0 Å². The van der Waals surface area contributed by atoms with Gasteiger partial charge in [0.2, 0.25) is 0 Å². The van der Waals surface area contributed by atoms with E-state index in [2.05, 4.69) is 46.0 Å². The van der Waals surface area contributed by atoms with E-state index in [4.69, 9.17) is 9.47 Å². The van der Waals surface area contributed by atoms with Crippen LogP contribution < -0.4 is 0 Å². The summed E-state index contributed by atoms with van der Waals surface area (Å²) in [5, 5.41) is 0.814. The lowest BCUT2D eigenvalue weighted by Gasteiger charge is -2.17. The third kappa shape index (κ3) is 11.1. The average Bonchev–Trinajstić information content (AvgIpc) is 2.20. The predicted octanol–water partition coefficient (Wildman–Crippen LogP) is 3.22. The first-order valence-corrected chi connectivity index (χ1v) is 7.15. The van der Waals surface area contributed by atoms with Gasteiger partial charge in [0.25, 0.3) is 0 Å². The molecule has 0 radical (unpaired) electrons. The van der Waals surface area contributed by atoms with Gasteiger partial charge in [-0.15, -0.1) is 0 Å². The van der Waals surface area contributed by atoms with Crippen LogP contribution >= 0.6 is 25.3 Å². The minimum absolute atomic E-state index is 0.224. The maximum absolute atomic E-state index is 5.72. The highest BCUT2D eigenvalue weighted by Crippen LogP contribution is 2.05. The zero-order chi connectivity index (χ0) is 12.4. The maximum Gasteiger partial charge on any atom is 0.0805 e. The van der Waals surface area contributed by atoms with Gasteiger partial charge in [-0.2, -0.15) is 25.3 Å². The highest BCUT2D eigenvalue weighted by molar-refractivity contribution is 7.81. The monoisotopic (exact) mass is 266 g/mol. The molecule has 0 spiro atoms. The molecule has 0 fully saturated rings. The van der Waals surface area contributed by atoms with Gasteiger partial charge in [-0.1, -0.05) is 20.8 Å². The summed E-state index contributed by atoms with van der Waals surface area (Å²) in [5.41, 5.74) is 0. The molecule has 0 aromatic rings. The van der Waals surface area contributed by atoms with Crippen molar-refractivity contribution in [2.24, 2.45) is 0 Å². The Morgan fingerprint density at radius 3 is 2.06 bits per heavy atom. The van der Waals surface area contributed by atoms with Crippen LogP contribution in [-0.2, 0) is 9.47 Å². The van der Waals surface area contributed by atoms with E-state index in [1.165, 1.54) is 0 Å². The first-order chi connectivity index (χ1) is 7.56. The van der Waals surface area contributed by atoms with Crippen LogP contribution in [0.3, 0.4) is 0 Å². The van der Waals surface area contributed by atoms with Gasteiger partial charge in [-0.25, -0.2) is 0 Å². The van der Waals surface area contributed by atoms with E-state index < -0.39 is 0 Å². The zero-order valence-electron chi connectivity index (χ0n) is 10.7. The van der Waals surface area contributed by atoms with E-state index in [1.54, 1.807) is 0 Å². The lowest BCUT2D eigenvalue weighted by atomic mass is 10.3. The molecular weight excluding hydrogens is 240 g/mol. The fourth-order valence-electron chi connectivity index (χ4n) is 1.16. The largest absolute Gasteiger partial charge is 0.379 e. The molecule has 0 rings (SSSR count). The average molecular weight is 266 g/mol. The molecule has 3 unspecified atom stereocenters. The van der Waals surface area contributed by atoms with Crippen molar-refractivity contribution in [3.05, 3.63) is 0 Å². The van der Waals surface area contributed by atoms with Gasteiger partial charge in [-0.3, -0.25) is 0 Å². The van der Waals surface area contributed by atoms with Crippen LogP contribution in [0.2, 0.25) is 0 Å². The lowest BCUT2D eigenvalue weighted by Crippen LogP contribution is -2.21. The van der Waals surface area contributed by atoms with Crippen molar-refractivity contribution in [2.75, 3.05) is 19.8 Å². The van der Waals surface area contributed by atoms with Crippen molar-refractivity contribution in [3.63, 3.8) is 0 Å².